The number of benzene rings is 1. The normalized spacial score (nSPS) is 16.7. The summed E-state index contributed by atoms with van der Waals surface area (Å²) in [5.74, 6) is -0.104. The van der Waals surface area contributed by atoms with Crippen LogP contribution in [0.1, 0.15) is 32.4 Å². The van der Waals surface area contributed by atoms with E-state index in [2.05, 4.69) is 22.5 Å². The van der Waals surface area contributed by atoms with Crippen LogP contribution in [-0.4, -0.2) is 54.5 Å². The lowest BCUT2D eigenvalue weighted by atomic mass is 10.1. The number of nitrogens with zero attached hydrogens (tertiary/aromatic N) is 2. The number of anilines is 1. The summed E-state index contributed by atoms with van der Waals surface area (Å²) in [5.41, 5.74) is 1.71. The highest BCUT2D eigenvalue weighted by molar-refractivity contribution is 5.88. The standard InChI is InChI=1S/C17H26N4O2/c1-4-20-8-10-21(11-9-20)17(23)18-13(2)15-6-5-7-16(12-15)19-14(3)22/h5-7,12-13H,4,8-11H2,1-3H3,(H,18,23)(H,19,22). The SMILES string of the molecule is CCN1CCN(C(=O)NC(C)c2cccc(NC(C)=O)c2)CC1. The number of hydrogen-bond donors (Lipinski definition) is 2. The van der Waals surface area contributed by atoms with Crippen LogP contribution in [0.15, 0.2) is 24.3 Å². The second-order valence-electron chi connectivity index (χ2n) is 5.90. The van der Waals surface area contributed by atoms with Gasteiger partial charge in [-0.1, -0.05) is 19.1 Å². The van der Waals surface area contributed by atoms with Crippen LogP contribution in [0.3, 0.4) is 0 Å². The minimum Gasteiger partial charge on any atom is -0.331 e. The smallest absolute Gasteiger partial charge is 0.317 e. The number of amides is 3. The monoisotopic (exact) mass is 318 g/mol. The van der Waals surface area contributed by atoms with Crippen molar-refractivity contribution >= 4 is 17.6 Å². The first kappa shape index (κ1) is 17.3. The maximum atomic E-state index is 12.4. The van der Waals surface area contributed by atoms with Gasteiger partial charge in [0, 0.05) is 38.8 Å². The zero-order valence-electron chi connectivity index (χ0n) is 14.1. The number of piperazine rings is 1. The second kappa shape index (κ2) is 7.97. The molecule has 0 aromatic heterocycles. The van der Waals surface area contributed by atoms with Crippen LogP contribution < -0.4 is 10.6 Å². The predicted molar refractivity (Wildman–Crippen MR) is 91.4 cm³/mol. The lowest BCUT2D eigenvalue weighted by Gasteiger charge is -2.34. The lowest BCUT2D eigenvalue weighted by molar-refractivity contribution is -0.114. The van der Waals surface area contributed by atoms with Crippen molar-refractivity contribution in [3.63, 3.8) is 0 Å². The Balaban J connectivity index is 1.92. The van der Waals surface area contributed by atoms with Crippen LogP contribution in [0.4, 0.5) is 10.5 Å². The fraction of sp³-hybridized carbons (Fsp3) is 0.529. The Hall–Kier alpha value is -2.08. The van der Waals surface area contributed by atoms with Crippen LogP contribution in [0.5, 0.6) is 0 Å². The van der Waals surface area contributed by atoms with Gasteiger partial charge in [0.25, 0.3) is 0 Å². The number of hydrogen-bond acceptors (Lipinski definition) is 3. The number of carbonyl (C=O) groups is 2. The van der Waals surface area contributed by atoms with E-state index in [0.29, 0.717) is 0 Å². The van der Waals surface area contributed by atoms with Crippen LogP contribution >= 0.6 is 0 Å². The van der Waals surface area contributed by atoms with Crippen molar-refractivity contribution < 1.29 is 9.59 Å². The Morgan fingerprint density at radius 1 is 1.22 bits per heavy atom. The average Bonchev–Trinajstić information content (AvgIpc) is 2.54. The Labute approximate surface area is 137 Å². The van der Waals surface area contributed by atoms with Crippen molar-refractivity contribution in [3.05, 3.63) is 29.8 Å². The topological polar surface area (TPSA) is 64.7 Å². The van der Waals surface area contributed by atoms with Gasteiger partial charge in [0.15, 0.2) is 0 Å². The van der Waals surface area contributed by atoms with E-state index < -0.39 is 0 Å². The molecule has 6 heteroatoms. The molecule has 3 amide bonds. The lowest BCUT2D eigenvalue weighted by Crippen LogP contribution is -2.51. The third-order valence-corrected chi connectivity index (χ3v) is 4.15. The Bertz CT molecular complexity index is 553. The van der Waals surface area contributed by atoms with Gasteiger partial charge in [-0.15, -0.1) is 0 Å². The van der Waals surface area contributed by atoms with Crippen molar-refractivity contribution in [1.82, 2.24) is 15.1 Å². The van der Waals surface area contributed by atoms with Gasteiger partial charge in [-0.2, -0.15) is 0 Å². The summed E-state index contributed by atoms with van der Waals surface area (Å²) < 4.78 is 0. The first-order valence-corrected chi connectivity index (χ1v) is 8.15. The molecule has 126 valence electrons. The summed E-state index contributed by atoms with van der Waals surface area (Å²) in [7, 11) is 0. The molecule has 0 spiro atoms. The third-order valence-electron chi connectivity index (χ3n) is 4.15. The number of urea groups is 1. The molecule has 1 atom stereocenters. The maximum absolute atomic E-state index is 12.4. The molecule has 2 N–H and O–H groups in total. The molecule has 0 radical (unpaired) electrons. The van der Waals surface area contributed by atoms with Crippen LogP contribution in [0.25, 0.3) is 0 Å². The van der Waals surface area contributed by atoms with E-state index >= 15 is 0 Å². The van der Waals surface area contributed by atoms with Crippen molar-refractivity contribution in [2.24, 2.45) is 0 Å². The molecule has 1 saturated heterocycles. The molecule has 1 heterocycles. The number of carbonyl (C=O) groups excluding carboxylic acids is 2. The predicted octanol–water partition coefficient (Wildman–Crippen LogP) is 2.05. The van der Waals surface area contributed by atoms with Gasteiger partial charge in [-0.25, -0.2) is 4.79 Å². The minimum absolute atomic E-state index is 0.0295. The molecule has 1 aliphatic heterocycles. The van der Waals surface area contributed by atoms with Crippen molar-refractivity contribution in [2.75, 3.05) is 38.0 Å². The summed E-state index contributed by atoms with van der Waals surface area (Å²) >= 11 is 0. The van der Waals surface area contributed by atoms with Crippen LogP contribution in [0, 0.1) is 0 Å². The van der Waals surface area contributed by atoms with Crippen molar-refractivity contribution in [1.29, 1.82) is 0 Å². The van der Waals surface area contributed by atoms with E-state index in [-0.39, 0.29) is 18.0 Å². The Morgan fingerprint density at radius 2 is 1.91 bits per heavy atom. The van der Waals surface area contributed by atoms with E-state index in [9.17, 15) is 9.59 Å². The van der Waals surface area contributed by atoms with E-state index in [0.717, 1.165) is 44.0 Å². The van der Waals surface area contributed by atoms with E-state index in [4.69, 9.17) is 0 Å². The first-order chi connectivity index (χ1) is 11.0. The van der Waals surface area contributed by atoms with Gasteiger partial charge in [-0.3, -0.25) is 4.79 Å². The highest BCUT2D eigenvalue weighted by Gasteiger charge is 2.21. The summed E-state index contributed by atoms with van der Waals surface area (Å²) in [5, 5.41) is 5.80. The van der Waals surface area contributed by atoms with Crippen LogP contribution in [-0.2, 0) is 4.79 Å². The highest BCUT2D eigenvalue weighted by Crippen LogP contribution is 2.18. The number of rotatable bonds is 4. The quantitative estimate of drug-likeness (QED) is 0.893. The molecule has 1 aromatic rings. The molecule has 1 aromatic carbocycles. The van der Waals surface area contributed by atoms with Gasteiger partial charge in [-0.05, 0) is 31.2 Å². The summed E-state index contributed by atoms with van der Waals surface area (Å²) in [6.45, 7) is 9.98. The van der Waals surface area contributed by atoms with Crippen molar-refractivity contribution in [2.45, 2.75) is 26.8 Å². The summed E-state index contributed by atoms with van der Waals surface area (Å²) in [6.07, 6.45) is 0. The first-order valence-electron chi connectivity index (χ1n) is 8.15. The molecule has 0 saturated carbocycles. The van der Waals surface area contributed by atoms with Gasteiger partial charge in [0.2, 0.25) is 5.91 Å². The van der Waals surface area contributed by atoms with Gasteiger partial charge in [0.1, 0.15) is 0 Å². The Kier molecular flexibility index (Phi) is 5.98. The molecule has 1 unspecified atom stereocenters. The molecule has 2 rings (SSSR count). The Morgan fingerprint density at radius 3 is 2.52 bits per heavy atom. The van der Waals surface area contributed by atoms with Crippen molar-refractivity contribution in [3.8, 4) is 0 Å². The van der Waals surface area contributed by atoms with Gasteiger partial charge in [0.05, 0.1) is 6.04 Å². The van der Waals surface area contributed by atoms with Gasteiger partial charge >= 0.3 is 6.03 Å². The maximum Gasteiger partial charge on any atom is 0.317 e. The second-order valence-corrected chi connectivity index (χ2v) is 5.90. The molecule has 1 fully saturated rings. The molecular formula is C17H26N4O2. The van der Waals surface area contributed by atoms with Crippen LogP contribution in [0.2, 0.25) is 0 Å². The largest absolute Gasteiger partial charge is 0.331 e. The summed E-state index contributed by atoms with van der Waals surface area (Å²) in [6, 6.07) is 7.41. The average molecular weight is 318 g/mol. The molecule has 6 nitrogen and oxygen atoms in total. The summed E-state index contributed by atoms with van der Waals surface area (Å²) in [4.78, 5) is 27.7. The third kappa shape index (κ3) is 4.96. The molecule has 23 heavy (non-hydrogen) atoms. The van der Waals surface area contributed by atoms with Gasteiger partial charge < -0.3 is 20.4 Å². The molecule has 1 aliphatic rings. The molecular weight excluding hydrogens is 292 g/mol. The fourth-order valence-electron chi connectivity index (χ4n) is 2.72. The van der Waals surface area contributed by atoms with E-state index in [1.54, 1.807) is 0 Å². The highest BCUT2D eigenvalue weighted by atomic mass is 16.2. The number of likely N-dealkylation sites (N-methyl/N-ethyl adjacent to an activating group) is 1. The zero-order chi connectivity index (χ0) is 16.8. The fourth-order valence-corrected chi connectivity index (χ4v) is 2.72. The zero-order valence-corrected chi connectivity index (χ0v) is 14.1. The van der Waals surface area contributed by atoms with E-state index in [1.165, 1.54) is 6.92 Å². The molecule has 0 aliphatic carbocycles. The minimum atomic E-state index is -0.111. The number of nitrogens with one attached hydrogen (secondary N) is 2. The van der Waals surface area contributed by atoms with E-state index in [1.807, 2.05) is 36.1 Å². The molecule has 0 bridgehead atoms.